The largest absolute Gasteiger partial charge is 0.279 e. The number of benzene rings is 2. The summed E-state index contributed by atoms with van der Waals surface area (Å²) in [4.78, 5) is 0.195. The van der Waals surface area contributed by atoms with E-state index >= 15 is 0 Å². The maximum atomic E-state index is 12.3. The van der Waals surface area contributed by atoms with Crippen molar-refractivity contribution in [2.75, 3.05) is 4.72 Å². The summed E-state index contributed by atoms with van der Waals surface area (Å²) in [6.07, 6.45) is 0. The van der Waals surface area contributed by atoms with Gasteiger partial charge < -0.3 is 0 Å². The number of halogens is 3. The highest BCUT2D eigenvalue weighted by molar-refractivity contribution is 14.1. The van der Waals surface area contributed by atoms with Gasteiger partial charge in [0.15, 0.2) is 0 Å². The summed E-state index contributed by atoms with van der Waals surface area (Å²) in [7, 11) is -3.62. The molecule has 0 bridgehead atoms. The van der Waals surface area contributed by atoms with Gasteiger partial charge in [-0.1, -0.05) is 23.7 Å². The summed E-state index contributed by atoms with van der Waals surface area (Å²) in [5, 5.41) is 0.563. The minimum absolute atomic E-state index is 0.195. The molecule has 2 rings (SSSR count). The molecule has 19 heavy (non-hydrogen) atoms. The summed E-state index contributed by atoms with van der Waals surface area (Å²) in [5.74, 6) is 0. The molecule has 2 aromatic rings. The van der Waals surface area contributed by atoms with Gasteiger partial charge in [0.1, 0.15) is 4.90 Å². The zero-order valence-electron chi connectivity index (χ0n) is 9.40. The lowest BCUT2D eigenvalue weighted by molar-refractivity contribution is 0.600. The van der Waals surface area contributed by atoms with Crippen LogP contribution >= 0.6 is 50.1 Å². The van der Waals surface area contributed by atoms with Gasteiger partial charge in [0.2, 0.25) is 0 Å². The lowest BCUT2D eigenvalue weighted by Crippen LogP contribution is -2.14. The Labute approximate surface area is 138 Å². The molecule has 0 atom stereocenters. The molecular formula is C12H8BrClINO2S. The molecule has 100 valence electrons. The van der Waals surface area contributed by atoms with Crippen LogP contribution in [0.15, 0.2) is 51.8 Å². The average molecular weight is 473 g/mol. The van der Waals surface area contributed by atoms with Crippen LogP contribution in [-0.4, -0.2) is 8.42 Å². The molecule has 0 aliphatic rings. The minimum Gasteiger partial charge on any atom is -0.279 e. The van der Waals surface area contributed by atoms with Gasteiger partial charge in [0, 0.05) is 13.1 Å². The molecule has 0 heterocycles. The summed E-state index contributed by atoms with van der Waals surface area (Å²) >= 11 is 11.1. The van der Waals surface area contributed by atoms with Crippen LogP contribution in [0.3, 0.4) is 0 Å². The van der Waals surface area contributed by atoms with E-state index in [9.17, 15) is 8.42 Å². The first-order valence-electron chi connectivity index (χ1n) is 5.12. The van der Waals surface area contributed by atoms with E-state index in [1.165, 1.54) is 6.07 Å². The molecule has 3 nitrogen and oxygen atoms in total. The lowest BCUT2D eigenvalue weighted by atomic mass is 10.3. The van der Waals surface area contributed by atoms with E-state index in [0.717, 1.165) is 3.57 Å². The first-order valence-corrected chi connectivity index (χ1v) is 8.86. The van der Waals surface area contributed by atoms with Crippen molar-refractivity contribution in [3.8, 4) is 0 Å². The third-order valence-electron chi connectivity index (χ3n) is 2.30. The SMILES string of the molecule is O=S(=O)(Nc1ccc(Cl)cc1I)c1ccccc1Br. The van der Waals surface area contributed by atoms with Crippen LogP contribution in [-0.2, 0) is 10.0 Å². The number of hydrogen-bond donors (Lipinski definition) is 1. The van der Waals surface area contributed by atoms with Gasteiger partial charge in [-0.2, -0.15) is 0 Å². The molecule has 0 saturated heterocycles. The molecule has 0 spiro atoms. The fourth-order valence-corrected chi connectivity index (χ4v) is 4.71. The fraction of sp³-hybridized carbons (Fsp3) is 0. The summed E-state index contributed by atoms with van der Waals surface area (Å²) in [6.45, 7) is 0. The Hall–Kier alpha value is -0.310. The number of hydrogen-bond acceptors (Lipinski definition) is 2. The van der Waals surface area contributed by atoms with E-state index in [-0.39, 0.29) is 4.90 Å². The molecule has 2 aromatic carbocycles. The van der Waals surface area contributed by atoms with Crippen molar-refractivity contribution in [2.45, 2.75) is 4.90 Å². The highest BCUT2D eigenvalue weighted by atomic mass is 127. The Balaban J connectivity index is 2.40. The lowest BCUT2D eigenvalue weighted by Gasteiger charge is -2.11. The maximum Gasteiger partial charge on any atom is 0.263 e. The van der Waals surface area contributed by atoms with Crippen molar-refractivity contribution in [3.05, 3.63) is 55.5 Å². The minimum atomic E-state index is -3.62. The zero-order valence-corrected chi connectivity index (χ0v) is 14.7. The molecule has 0 aliphatic carbocycles. The van der Waals surface area contributed by atoms with Gasteiger partial charge in [-0.3, -0.25) is 4.72 Å². The summed E-state index contributed by atoms with van der Waals surface area (Å²) in [6, 6.07) is 11.6. The second kappa shape index (κ2) is 5.99. The summed E-state index contributed by atoms with van der Waals surface area (Å²) in [5.41, 5.74) is 0.501. The van der Waals surface area contributed by atoms with Crippen LogP contribution in [0.2, 0.25) is 5.02 Å². The van der Waals surface area contributed by atoms with Crippen molar-refractivity contribution in [2.24, 2.45) is 0 Å². The first kappa shape index (κ1) is 15.1. The smallest absolute Gasteiger partial charge is 0.263 e. The van der Waals surface area contributed by atoms with E-state index in [1.807, 2.05) is 22.6 Å². The zero-order chi connectivity index (χ0) is 14.0. The number of anilines is 1. The molecule has 0 aliphatic heterocycles. The van der Waals surface area contributed by atoms with E-state index in [0.29, 0.717) is 15.2 Å². The van der Waals surface area contributed by atoms with Crippen LogP contribution in [0.5, 0.6) is 0 Å². The Bertz CT molecular complexity index is 721. The highest BCUT2D eigenvalue weighted by Crippen LogP contribution is 2.27. The molecule has 0 unspecified atom stereocenters. The predicted octanol–water partition coefficient (Wildman–Crippen LogP) is 4.51. The number of rotatable bonds is 3. The van der Waals surface area contributed by atoms with Gasteiger partial charge in [-0.05, 0) is 68.9 Å². The standard InChI is InChI=1S/C12H8BrClINO2S/c13-9-3-1-2-4-12(9)19(17,18)16-11-6-5-8(14)7-10(11)15/h1-7,16H. The highest BCUT2D eigenvalue weighted by Gasteiger charge is 2.18. The van der Waals surface area contributed by atoms with Crippen molar-refractivity contribution in [1.82, 2.24) is 0 Å². The van der Waals surface area contributed by atoms with Crippen LogP contribution < -0.4 is 4.72 Å². The molecule has 0 aromatic heterocycles. The second-order valence-electron chi connectivity index (χ2n) is 3.66. The van der Waals surface area contributed by atoms with E-state index in [4.69, 9.17) is 11.6 Å². The molecule has 0 amide bonds. The van der Waals surface area contributed by atoms with Gasteiger partial charge in [-0.25, -0.2) is 8.42 Å². The number of sulfonamides is 1. The van der Waals surface area contributed by atoms with Gasteiger partial charge >= 0.3 is 0 Å². The molecule has 1 N–H and O–H groups in total. The Morgan fingerprint density at radius 1 is 1.16 bits per heavy atom. The number of nitrogens with one attached hydrogen (secondary N) is 1. The van der Waals surface area contributed by atoms with E-state index in [2.05, 4.69) is 20.7 Å². The molecule has 0 saturated carbocycles. The molecular weight excluding hydrogens is 464 g/mol. The summed E-state index contributed by atoms with van der Waals surface area (Å²) < 4.78 is 28.4. The second-order valence-corrected chi connectivity index (χ2v) is 7.76. The molecule has 0 fully saturated rings. The van der Waals surface area contributed by atoms with Gasteiger partial charge in [0.05, 0.1) is 5.69 Å². The van der Waals surface area contributed by atoms with Crippen LogP contribution in [0.1, 0.15) is 0 Å². The van der Waals surface area contributed by atoms with Crippen molar-refractivity contribution >= 4 is 65.8 Å². The van der Waals surface area contributed by atoms with Gasteiger partial charge in [-0.15, -0.1) is 0 Å². The first-order chi connectivity index (χ1) is 8.90. The third kappa shape index (κ3) is 3.62. The fourth-order valence-electron chi connectivity index (χ4n) is 1.43. The van der Waals surface area contributed by atoms with Gasteiger partial charge in [0.25, 0.3) is 10.0 Å². The Morgan fingerprint density at radius 2 is 1.84 bits per heavy atom. The monoisotopic (exact) mass is 471 g/mol. The van der Waals surface area contributed by atoms with E-state index < -0.39 is 10.0 Å². The van der Waals surface area contributed by atoms with Crippen molar-refractivity contribution in [1.29, 1.82) is 0 Å². The third-order valence-corrected chi connectivity index (χ3v) is 5.81. The Morgan fingerprint density at radius 3 is 2.47 bits per heavy atom. The molecule has 7 heteroatoms. The average Bonchev–Trinajstić information content (AvgIpc) is 2.33. The topological polar surface area (TPSA) is 46.2 Å². The van der Waals surface area contributed by atoms with Crippen molar-refractivity contribution in [3.63, 3.8) is 0 Å². The van der Waals surface area contributed by atoms with E-state index in [1.54, 1.807) is 36.4 Å². The predicted molar refractivity (Wildman–Crippen MR) is 89.1 cm³/mol. The maximum absolute atomic E-state index is 12.3. The molecule has 0 radical (unpaired) electrons. The normalized spacial score (nSPS) is 11.3. The van der Waals surface area contributed by atoms with Crippen molar-refractivity contribution < 1.29 is 8.42 Å². The van der Waals surface area contributed by atoms with Crippen LogP contribution in [0.25, 0.3) is 0 Å². The Kier molecular flexibility index (Phi) is 4.75. The quantitative estimate of drug-likeness (QED) is 0.669. The van der Waals surface area contributed by atoms with Crippen LogP contribution in [0.4, 0.5) is 5.69 Å². The van der Waals surface area contributed by atoms with Crippen LogP contribution in [0, 0.1) is 3.57 Å².